The van der Waals surface area contributed by atoms with Crippen molar-refractivity contribution < 1.29 is 9.53 Å². The number of piperazine rings is 1. The molecule has 11 heteroatoms. The molecule has 0 atom stereocenters. The van der Waals surface area contributed by atoms with E-state index in [4.69, 9.17) is 4.74 Å². The number of carbonyl (C=O) groups excluding carboxylic acids is 1. The van der Waals surface area contributed by atoms with Gasteiger partial charge in [-0.05, 0) is 30.3 Å². The van der Waals surface area contributed by atoms with Crippen LogP contribution < -0.4 is 15.2 Å². The summed E-state index contributed by atoms with van der Waals surface area (Å²) in [5, 5.41) is 13.0. The average molecular weight is 473 g/mol. The first-order chi connectivity index (χ1) is 17.1. The molecule has 1 saturated heterocycles. The summed E-state index contributed by atoms with van der Waals surface area (Å²) in [6, 6.07) is 14.3. The molecule has 1 amide bonds. The van der Waals surface area contributed by atoms with Gasteiger partial charge in [0.25, 0.3) is 5.56 Å². The van der Waals surface area contributed by atoms with Crippen molar-refractivity contribution in [2.75, 3.05) is 38.2 Å². The van der Waals surface area contributed by atoms with Crippen LogP contribution in [0.3, 0.4) is 0 Å². The van der Waals surface area contributed by atoms with Crippen LogP contribution in [-0.4, -0.2) is 73.6 Å². The van der Waals surface area contributed by atoms with Gasteiger partial charge in [-0.1, -0.05) is 12.1 Å². The summed E-state index contributed by atoms with van der Waals surface area (Å²) in [6.45, 7) is 2.15. The van der Waals surface area contributed by atoms with Gasteiger partial charge >= 0.3 is 0 Å². The van der Waals surface area contributed by atoms with Crippen LogP contribution in [0.5, 0.6) is 5.75 Å². The van der Waals surface area contributed by atoms with Gasteiger partial charge < -0.3 is 14.5 Å². The SMILES string of the molecule is COc1ccccc1-c1ccc(=O)n(CC(=O)N2CCN(c3ccc(-n4ccnc4)nn3)CC2)n1. The van der Waals surface area contributed by atoms with Gasteiger partial charge in [-0.15, -0.1) is 10.2 Å². The Morgan fingerprint density at radius 1 is 0.971 bits per heavy atom. The highest BCUT2D eigenvalue weighted by Gasteiger charge is 2.23. The molecular weight excluding hydrogens is 448 g/mol. The van der Waals surface area contributed by atoms with Crippen LogP contribution in [0.15, 0.2) is 72.0 Å². The summed E-state index contributed by atoms with van der Waals surface area (Å²) in [7, 11) is 1.58. The molecular formula is C24H24N8O3. The van der Waals surface area contributed by atoms with Gasteiger partial charge in [0.05, 0.1) is 12.8 Å². The van der Waals surface area contributed by atoms with E-state index in [1.807, 2.05) is 36.4 Å². The van der Waals surface area contributed by atoms with E-state index >= 15 is 0 Å². The lowest BCUT2D eigenvalue weighted by molar-refractivity contribution is -0.132. The monoisotopic (exact) mass is 472 g/mol. The summed E-state index contributed by atoms with van der Waals surface area (Å²) in [5.41, 5.74) is 0.992. The molecule has 0 aliphatic carbocycles. The van der Waals surface area contributed by atoms with Crippen molar-refractivity contribution in [3.05, 3.63) is 77.6 Å². The molecule has 0 radical (unpaired) electrons. The Balaban J connectivity index is 1.23. The first-order valence-electron chi connectivity index (χ1n) is 11.2. The number of ether oxygens (including phenoxy) is 1. The van der Waals surface area contributed by atoms with Crippen molar-refractivity contribution in [3.8, 4) is 22.8 Å². The molecule has 1 aliphatic heterocycles. The third-order valence-electron chi connectivity index (χ3n) is 5.90. The number of rotatable bonds is 6. The minimum atomic E-state index is -0.330. The summed E-state index contributed by atoms with van der Waals surface area (Å²) >= 11 is 0. The predicted octanol–water partition coefficient (Wildman–Crippen LogP) is 1.24. The van der Waals surface area contributed by atoms with E-state index < -0.39 is 0 Å². The number of methoxy groups -OCH3 is 1. The van der Waals surface area contributed by atoms with E-state index in [0.717, 1.165) is 11.4 Å². The fraction of sp³-hybridized carbons (Fsp3) is 0.250. The van der Waals surface area contributed by atoms with Crippen molar-refractivity contribution in [1.29, 1.82) is 0 Å². The maximum absolute atomic E-state index is 13.0. The van der Waals surface area contributed by atoms with E-state index in [0.29, 0.717) is 43.4 Å². The number of anilines is 1. The third-order valence-corrected chi connectivity index (χ3v) is 5.90. The number of hydrogen-bond acceptors (Lipinski definition) is 8. The standard InChI is InChI=1S/C24H24N8O3/c1-35-20-5-3-2-4-18(20)19-6-9-23(33)32(28-19)16-24(34)30-14-12-29(13-15-30)21-7-8-22(27-26-21)31-11-10-25-17-31/h2-11,17H,12-16H2,1H3. The van der Waals surface area contributed by atoms with Crippen LogP contribution >= 0.6 is 0 Å². The van der Waals surface area contributed by atoms with Crippen LogP contribution in [-0.2, 0) is 11.3 Å². The van der Waals surface area contributed by atoms with Gasteiger partial charge in [0.1, 0.15) is 18.6 Å². The number of benzene rings is 1. The van der Waals surface area contributed by atoms with Crippen LogP contribution in [0.2, 0.25) is 0 Å². The fourth-order valence-corrected chi connectivity index (χ4v) is 3.99. The largest absolute Gasteiger partial charge is 0.496 e. The van der Waals surface area contributed by atoms with Crippen molar-refractivity contribution in [2.45, 2.75) is 6.54 Å². The Labute approximate surface area is 201 Å². The maximum atomic E-state index is 13.0. The molecule has 4 heterocycles. The number of carbonyl (C=O) groups is 1. The smallest absolute Gasteiger partial charge is 0.267 e. The Kier molecular flexibility index (Phi) is 6.20. The van der Waals surface area contributed by atoms with Crippen LogP contribution in [0, 0.1) is 0 Å². The zero-order valence-corrected chi connectivity index (χ0v) is 19.2. The van der Waals surface area contributed by atoms with E-state index in [-0.39, 0.29) is 18.0 Å². The lowest BCUT2D eigenvalue weighted by Gasteiger charge is -2.35. The third kappa shape index (κ3) is 4.74. The molecule has 1 fully saturated rings. The van der Waals surface area contributed by atoms with Gasteiger partial charge in [-0.3, -0.25) is 14.2 Å². The molecule has 0 spiro atoms. The number of para-hydroxylation sites is 1. The molecule has 5 rings (SSSR count). The van der Waals surface area contributed by atoms with Crippen LogP contribution in [0.25, 0.3) is 17.1 Å². The van der Waals surface area contributed by atoms with Gasteiger partial charge in [0, 0.05) is 50.2 Å². The Hall–Kier alpha value is -4.54. The number of aromatic nitrogens is 6. The van der Waals surface area contributed by atoms with Gasteiger partial charge in [-0.2, -0.15) is 5.10 Å². The second-order valence-corrected chi connectivity index (χ2v) is 8.00. The summed E-state index contributed by atoms with van der Waals surface area (Å²) < 4.78 is 8.39. The number of nitrogens with zero attached hydrogens (tertiary/aromatic N) is 8. The minimum Gasteiger partial charge on any atom is -0.496 e. The molecule has 1 aromatic carbocycles. The number of amides is 1. The topological polar surface area (TPSA) is 111 Å². The van der Waals surface area contributed by atoms with Crippen LogP contribution in [0.1, 0.15) is 0 Å². The Morgan fingerprint density at radius 2 is 1.74 bits per heavy atom. The quantitative estimate of drug-likeness (QED) is 0.412. The lowest BCUT2D eigenvalue weighted by atomic mass is 10.1. The highest BCUT2D eigenvalue weighted by molar-refractivity contribution is 5.76. The van der Waals surface area contributed by atoms with Crippen molar-refractivity contribution >= 4 is 11.7 Å². The van der Waals surface area contributed by atoms with E-state index in [2.05, 4.69) is 25.2 Å². The van der Waals surface area contributed by atoms with Crippen molar-refractivity contribution in [2.24, 2.45) is 0 Å². The first kappa shape index (κ1) is 22.3. The summed E-state index contributed by atoms with van der Waals surface area (Å²) in [5.74, 6) is 1.93. The average Bonchev–Trinajstić information content (AvgIpc) is 3.45. The lowest BCUT2D eigenvalue weighted by Crippen LogP contribution is -2.50. The summed E-state index contributed by atoms with van der Waals surface area (Å²) in [6.07, 6.45) is 5.16. The predicted molar refractivity (Wildman–Crippen MR) is 128 cm³/mol. The highest BCUT2D eigenvalue weighted by Crippen LogP contribution is 2.27. The molecule has 1 aliphatic rings. The normalized spacial score (nSPS) is 13.6. The molecule has 11 nitrogen and oxygen atoms in total. The number of hydrogen-bond donors (Lipinski definition) is 0. The molecule has 0 bridgehead atoms. The molecule has 178 valence electrons. The maximum Gasteiger partial charge on any atom is 0.267 e. The van der Waals surface area contributed by atoms with Crippen molar-refractivity contribution in [1.82, 2.24) is 34.4 Å². The van der Waals surface area contributed by atoms with E-state index in [1.54, 1.807) is 41.4 Å². The molecule has 4 aromatic rings. The molecule has 0 unspecified atom stereocenters. The fourth-order valence-electron chi connectivity index (χ4n) is 3.99. The minimum absolute atomic E-state index is 0.124. The second-order valence-electron chi connectivity index (χ2n) is 8.00. The zero-order chi connectivity index (χ0) is 24.2. The Bertz CT molecular complexity index is 1360. The Morgan fingerprint density at radius 3 is 2.46 bits per heavy atom. The van der Waals surface area contributed by atoms with E-state index in [1.165, 1.54) is 10.7 Å². The van der Waals surface area contributed by atoms with Crippen LogP contribution in [0.4, 0.5) is 5.82 Å². The van der Waals surface area contributed by atoms with Gasteiger partial charge in [-0.25, -0.2) is 9.67 Å². The molecule has 0 saturated carbocycles. The first-order valence-corrected chi connectivity index (χ1v) is 11.2. The summed E-state index contributed by atoms with van der Waals surface area (Å²) in [4.78, 5) is 33.2. The van der Waals surface area contributed by atoms with Gasteiger partial charge in [0.15, 0.2) is 11.6 Å². The van der Waals surface area contributed by atoms with E-state index in [9.17, 15) is 9.59 Å². The second kappa shape index (κ2) is 9.75. The molecule has 3 aromatic heterocycles. The molecule has 35 heavy (non-hydrogen) atoms. The zero-order valence-electron chi connectivity index (χ0n) is 19.2. The van der Waals surface area contributed by atoms with Gasteiger partial charge in [0.2, 0.25) is 5.91 Å². The van der Waals surface area contributed by atoms with Crippen molar-refractivity contribution in [3.63, 3.8) is 0 Å². The highest BCUT2D eigenvalue weighted by atomic mass is 16.5. The molecule has 0 N–H and O–H groups in total. The number of imidazole rings is 1.